The molecule has 4 heteroatoms. The van der Waals surface area contributed by atoms with Crippen LogP contribution in [0, 0.1) is 0 Å². The summed E-state index contributed by atoms with van der Waals surface area (Å²) in [4.78, 5) is 12.3. The van der Waals surface area contributed by atoms with Gasteiger partial charge in [0.2, 0.25) is 0 Å². The molecule has 0 spiro atoms. The minimum atomic E-state index is -0.412. The van der Waals surface area contributed by atoms with Gasteiger partial charge in [-0.2, -0.15) is 0 Å². The van der Waals surface area contributed by atoms with E-state index in [0.717, 1.165) is 15.6 Å². The van der Waals surface area contributed by atoms with Crippen molar-refractivity contribution in [2.24, 2.45) is 0 Å². The van der Waals surface area contributed by atoms with Crippen LogP contribution in [0.2, 0.25) is 0 Å². The van der Waals surface area contributed by atoms with Gasteiger partial charge in [0.25, 0.3) is 0 Å². The van der Waals surface area contributed by atoms with Crippen LogP contribution in [-0.4, -0.2) is 21.1 Å². The number of hydrogen-bond donors (Lipinski definition) is 1. The molecule has 1 aliphatic heterocycles. The van der Waals surface area contributed by atoms with E-state index in [-0.39, 0.29) is 21.0 Å². The Morgan fingerprint density at radius 3 is 2.00 bits per heavy atom. The quantitative estimate of drug-likeness (QED) is 0.669. The molecule has 1 N–H and O–H groups in total. The van der Waals surface area contributed by atoms with Crippen molar-refractivity contribution in [1.82, 2.24) is 5.32 Å². The Labute approximate surface area is 158 Å². The van der Waals surface area contributed by atoms with E-state index in [2.05, 4.69) is 17.4 Å². The number of benzene rings is 3. The van der Waals surface area contributed by atoms with E-state index in [0.29, 0.717) is 5.76 Å². The van der Waals surface area contributed by atoms with E-state index in [4.69, 9.17) is 4.74 Å². The van der Waals surface area contributed by atoms with Crippen LogP contribution in [0.5, 0.6) is 0 Å². The fraction of sp³-hybridized carbons (Fsp3) is 0.0455. The molecule has 1 aliphatic rings. The van der Waals surface area contributed by atoms with E-state index in [9.17, 15) is 4.79 Å². The first-order valence-electron chi connectivity index (χ1n) is 8.37. The monoisotopic (exact) mass is 407 g/mol. The molecule has 0 radical (unpaired) electrons. The molecule has 0 aliphatic carbocycles. The van der Waals surface area contributed by atoms with E-state index < -0.39 is 6.09 Å². The van der Waals surface area contributed by atoms with Gasteiger partial charge in [-0.25, -0.2) is 0 Å². The third-order valence-corrected chi connectivity index (χ3v) is 6.49. The molecule has 4 rings (SSSR count). The fourth-order valence-corrected chi connectivity index (χ4v) is 5.21. The second kappa shape index (κ2) is 7.61. The zero-order chi connectivity index (χ0) is 17.8. The average Bonchev–Trinajstić information content (AvgIpc) is 2.71. The molecule has 3 aromatic rings. The number of cyclic esters (lactones) is 1. The predicted molar refractivity (Wildman–Crippen MR) is 104 cm³/mol. The van der Waals surface area contributed by atoms with Gasteiger partial charge in [0.05, 0.1) is 0 Å². The average molecular weight is 406 g/mol. The molecule has 128 valence electrons. The van der Waals surface area contributed by atoms with Gasteiger partial charge in [0.15, 0.2) is 0 Å². The number of carbonyl (C=O) groups is 1. The molecule has 0 aromatic heterocycles. The topological polar surface area (TPSA) is 38.3 Å². The van der Waals surface area contributed by atoms with E-state index >= 15 is 0 Å². The van der Waals surface area contributed by atoms with Gasteiger partial charge in [-0.3, -0.25) is 0 Å². The summed E-state index contributed by atoms with van der Waals surface area (Å²) in [6.07, 6.45) is -0.412. The summed E-state index contributed by atoms with van der Waals surface area (Å²) >= 11 is 0.0145. The van der Waals surface area contributed by atoms with Gasteiger partial charge >= 0.3 is 159 Å². The third kappa shape index (κ3) is 3.57. The molecule has 1 atom stereocenters. The van der Waals surface area contributed by atoms with Crippen LogP contribution in [-0.2, 0) is 4.74 Å². The van der Waals surface area contributed by atoms with Crippen LogP contribution in [0.1, 0.15) is 17.2 Å². The molecule has 0 unspecified atom stereocenters. The minimum absolute atomic E-state index is 0.0145. The Morgan fingerprint density at radius 1 is 0.769 bits per heavy atom. The zero-order valence-electron chi connectivity index (χ0n) is 14.0. The van der Waals surface area contributed by atoms with Crippen molar-refractivity contribution in [2.75, 3.05) is 0 Å². The Bertz CT molecular complexity index is 924. The van der Waals surface area contributed by atoms with Gasteiger partial charge in [-0.1, -0.05) is 0 Å². The number of rotatable bonds is 4. The fourth-order valence-electron chi connectivity index (χ4n) is 2.88. The van der Waals surface area contributed by atoms with Gasteiger partial charge < -0.3 is 0 Å². The van der Waals surface area contributed by atoms with Gasteiger partial charge in [0, 0.05) is 0 Å². The van der Waals surface area contributed by atoms with Crippen molar-refractivity contribution in [3.63, 3.8) is 0 Å². The number of alkyl carbamates (subject to hydrolysis) is 1. The number of carbonyl (C=O) groups excluding carboxylic acids is 1. The first-order valence-corrected chi connectivity index (χ1v) is 10.1. The van der Waals surface area contributed by atoms with E-state index in [1.165, 1.54) is 4.46 Å². The predicted octanol–water partition coefficient (Wildman–Crippen LogP) is 3.87. The van der Waals surface area contributed by atoms with Crippen LogP contribution in [0.4, 0.5) is 4.79 Å². The summed E-state index contributed by atoms with van der Waals surface area (Å²) in [5.74, 6) is 0.673. The molecule has 1 amide bonds. The molecule has 0 fully saturated rings. The molecule has 3 aromatic carbocycles. The van der Waals surface area contributed by atoms with Crippen molar-refractivity contribution < 1.29 is 9.53 Å². The summed E-state index contributed by atoms with van der Waals surface area (Å²) in [6, 6.07) is 30.0. The summed E-state index contributed by atoms with van der Waals surface area (Å²) in [5.41, 5.74) is 1.99. The van der Waals surface area contributed by atoms with Crippen molar-refractivity contribution in [3.8, 4) is 0 Å². The Morgan fingerprint density at radius 2 is 1.35 bits per heavy atom. The molecule has 0 bridgehead atoms. The maximum absolute atomic E-state index is 12.3. The molecule has 0 saturated heterocycles. The number of ether oxygens (including phenoxy) is 1. The standard InChI is InChI=1S/C22H17NO2Se/c24-22-23-19(16-10-4-1-5-11-16)21(26-18-14-8-3-9-15-18)20(25-22)17-12-6-2-7-13-17/h1-15,19H,(H,23,24)/t19-/m0/s1. The van der Waals surface area contributed by atoms with Crippen molar-refractivity contribution in [1.29, 1.82) is 0 Å². The zero-order valence-corrected chi connectivity index (χ0v) is 15.7. The first-order chi connectivity index (χ1) is 12.8. The summed E-state index contributed by atoms with van der Waals surface area (Å²) in [5, 5.41) is 3.00. The Kier molecular flexibility index (Phi) is 4.87. The molecule has 3 nitrogen and oxygen atoms in total. The Hall–Kier alpha value is -2.81. The molecule has 26 heavy (non-hydrogen) atoms. The SMILES string of the molecule is O=C1N[C@@H](c2ccccc2)C([Se]c2ccccc2)=C(c2ccccc2)O1. The van der Waals surface area contributed by atoms with Crippen molar-refractivity contribution in [3.05, 3.63) is 107 Å². The Balaban J connectivity index is 1.85. The molecule has 1 heterocycles. The summed E-state index contributed by atoms with van der Waals surface area (Å²) < 4.78 is 8.01. The van der Waals surface area contributed by atoms with E-state index in [1.54, 1.807) is 0 Å². The summed E-state index contributed by atoms with van der Waals surface area (Å²) in [7, 11) is 0. The van der Waals surface area contributed by atoms with Gasteiger partial charge in [0.1, 0.15) is 0 Å². The van der Waals surface area contributed by atoms with Crippen LogP contribution in [0.3, 0.4) is 0 Å². The number of hydrogen-bond acceptors (Lipinski definition) is 2. The van der Waals surface area contributed by atoms with Crippen LogP contribution >= 0.6 is 0 Å². The van der Waals surface area contributed by atoms with Crippen LogP contribution in [0.25, 0.3) is 5.76 Å². The first kappa shape index (κ1) is 16.6. The number of amides is 1. The maximum atomic E-state index is 12.3. The van der Waals surface area contributed by atoms with Crippen molar-refractivity contribution >= 4 is 31.3 Å². The normalized spacial score (nSPS) is 16.8. The summed E-state index contributed by atoms with van der Waals surface area (Å²) in [6.45, 7) is 0. The molecule has 0 saturated carbocycles. The molecular formula is C22H17NO2Se. The van der Waals surface area contributed by atoms with Gasteiger partial charge in [-0.15, -0.1) is 0 Å². The van der Waals surface area contributed by atoms with Crippen LogP contribution < -0.4 is 9.78 Å². The van der Waals surface area contributed by atoms with Crippen LogP contribution in [0.15, 0.2) is 95.5 Å². The third-order valence-electron chi connectivity index (χ3n) is 4.08. The number of nitrogens with one attached hydrogen (secondary N) is 1. The molecular weight excluding hydrogens is 389 g/mol. The van der Waals surface area contributed by atoms with E-state index in [1.807, 2.05) is 78.9 Å². The second-order valence-corrected chi connectivity index (χ2v) is 8.19. The van der Waals surface area contributed by atoms with Gasteiger partial charge in [-0.05, 0) is 0 Å². The second-order valence-electron chi connectivity index (χ2n) is 5.85. The van der Waals surface area contributed by atoms with Crippen molar-refractivity contribution in [2.45, 2.75) is 6.04 Å².